The standard InChI is InChI=1S/C19H22F2N2O/c1-13-9-16(14(2)18(10-13)22-12-23(3)4)11-15-5-7-17(8-6-15)24-19(20)21/h5-10,12,19H,11H2,1-4H3. The molecular weight excluding hydrogens is 310 g/mol. The molecule has 5 heteroatoms. The van der Waals surface area contributed by atoms with Crippen LogP contribution in [0.2, 0.25) is 0 Å². The van der Waals surface area contributed by atoms with Crippen LogP contribution in [0.5, 0.6) is 5.75 Å². The van der Waals surface area contributed by atoms with Crippen molar-refractivity contribution in [2.75, 3.05) is 14.1 Å². The van der Waals surface area contributed by atoms with Crippen molar-refractivity contribution in [3.05, 3.63) is 58.7 Å². The summed E-state index contributed by atoms with van der Waals surface area (Å²) in [5.41, 5.74) is 5.40. The van der Waals surface area contributed by atoms with E-state index < -0.39 is 6.61 Å². The molecule has 0 bridgehead atoms. The molecule has 0 saturated carbocycles. The lowest BCUT2D eigenvalue weighted by Crippen LogP contribution is -2.07. The summed E-state index contributed by atoms with van der Waals surface area (Å²) in [5.74, 6) is 0.172. The van der Waals surface area contributed by atoms with E-state index in [9.17, 15) is 8.78 Å². The molecule has 0 aliphatic heterocycles. The quantitative estimate of drug-likeness (QED) is 0.565. The summed E-state index contributed by atoms with van der Waals surface area (Å²) >= 11 is 0. The highest BCUT2D eigenvalue weighted by atomic mass is 19.3. The number of ether oxygens (including phenoxy) is 1. The smallest absolute Gasteiger partial charge is 0.387 e. The number of rotatable bonds is 6. The Morgan fingerprint density at radius 3 is 2.38 bits per heavy atom. The van der Waals surface area contributed by atoms with Crippen LogP contribution in [0.3, 0.4) is 0 Å². The van der Waals surface area contributed by atoms with Gasteiger partial charge in [0.25, 0.3) is 0 Å². The lowest BCUT2D eigenvalue weighted by Gasteiger charge is -2.12. The predicted octanol–water partition coefficient (Wildman–Crippen LogP) is 4.72. The van der Waals surface area contributed by atoms with Crippen molar-refractivity contribution in [2.45, 2.75) is 26.9 Å². The Labute approximate surface area is 141 Å². The molecule has 0 spiro atoms. The highest BCUT2D eigenvalue weighted by Gasteiger charge is 2.08. The average molecular weight is 332 g/mol. The average Bonchev–Trinajstić information content (AvgIpc) is 2.50. The van der Waals surface area contributed by atoms with Crippen LogP contribution in [0, 0.1) is 13.8 Å². The molecule has 0 saturated heterocycles. The van der Waals surface area contributed by atoms with Crippen LogP contribution in [-0.2, 0) is 6.42 Å². The second-order valence-electron chi connectivity index (χ2n) is 5.98. The lowest BCUT2D eigenvalue weighted by atomic mass is 9.97. The molecule has 0 radical (unpaired) electrons. The van der Waals surface area contributed by atoms with Gasteiger partial charge in [-0.25, -0.2) is 4.99 Å². The number of nitrogens with zero attached hydrogens (tertiary/aromatic N) is 2. The molecule has 24 heavy (non-hydrogen) atoms. The van der Waals surface area contributed by atoms with Gasteiger partial charge in [0, 0.05) is 14.1 Å². The Morgan fingerprint density at radius 2 is 1.79 bits per heavy atom. The van der Waals surface area contributed by atoms with Gasteiger partial charge >= 0.3 is 6.61 Å². The van der Waals surface area contributed by atoms with Gasteiger partial charge in [0.05, 0.1) is 12.0 Å². The van der Waals surface area contributed by atoms with Crippen LogP contribution in [0.25, 0.3) is 0 Å². The van der Waals surface area contributed by atoms with Crippen LogP contribution < -0.4 is 4.74 Å². The van der Waals surface area contributed by atoms with E-state index >= 15 is 0 Å². The molecule has 3 nitrogen and oxygen atoms in total. The molecule has 2 aromatic carbocycles. The molecular formula is C19H22F2N2O. The fourth-order valence-electron chi connectivity index (χ4n) is 2.42. The molecule has 0 heterocycles. The third-order valence-corrected chi connectivity index (χ3v) is 3.60. The SMILES string of the molecule is Cc1cc(Cc2ccc(OC(F)F)cc2)c(C)c(N=CN(C)C)c1. The molecule has 0 amide bonds. The van der Waals surface area contributed by atoms with Crippen molar-refractivity contribution >= 4 is 12.0 Å². The minimum atomic E-state index is -2.80. The zero-order valence-corrected chi connectivity index (χ0v) is 14.4. The maximum atomic E-state index is 12.2. The summed E-state index contributed by atoms with van der Waals surface area (Å²) in [5, 5.41) is 0. The number of benzene rings is 2. The minimum absolute atomic E-state index is 0.172. The second kappa shape index (κ2) is 7.90. The summed E-state index contributed by atoms with van der Waals surface area (Å²) in [7, 11) is 3.86. The minimum Gasteiger partial charge on any atom is -0.435 e. The monoisotopic (exact) mass is 332 g/mol. The third kappa shape index (κ3) is 5.05. The molecule has 0 unspecified atom stereocenters. The van der Waals surface area contributed by atoms with Gasteiger partial charge in [0.2, 0.25) is 0 Å². The first kappa shape index (κ1) is 17.9. The van der Waals surface area contributed by atoms with E-state index in [0.717, 1.165) is 22.4 Å². The summed E-state index contributed by atoms with van der Waals surface area (Å²) in [4.78, 5) is 6.40. The maximum absolute atomic E-state index is 12.2. The van der Waals surface area contributed by atoms with Crippen LogP contribution in [0.1, 0.15) is 22.3 Å². The van der Waals surface area contributed by atoms with E-state index in [1.165, 1.54) is 5.56 Å². The first-order valence-corrected chi connectivity index (χ1v) is 7.69. The molecule has 2 aromatic rings. The summed E-state index contributed by atoms with van der Waals surface area (Å²) < 4.78 is 28.8. The van der Waals surface area contributed by atoms with Gasteiger partial charge in [-0.05, 0) is 60.7 Å². The van der Waals surface area contributed by atoms with Gasteiger partial charge < -0.3 is 9.64 Å². The first-order valence-electron chi connectivity index (χ1n) is 7.69. The van der Waals surface area contributed by atoms with Crippen molar-refractivity contribution in [1.82, 2.24) is 4.90 Å². The fourth-order valence-corrected chi connectivity index (χ4v) is 2.42. The molecule has 0 atom stereocenters. The highest BCUT2D eigenvalue weighted by molar-refractivity contribution is 5.64. The number of hydrogen-bond acceptors (Lipinski definition) is 2. The normalized spacial score (nSPS) is 11.3. The molecule has 0 aromatic heterocycles. The Balaban J connectivity index is 2.23. The Morgan fingerprint density at radius 1 is 1.12 bits per heavy atom. The van der Waals surface area contributed by atoms with Gasteiger partial charge in [-0.15, -0.1) is 0 Å². The maximum Gasteiger partial charge on any atom is 0.387 e. The fraction of sp³-hybridized carbons (Fsp3) is 0.316. The zero-order chi connectivity index (χ0) is 17.7. The Bertz CT molecular complexity index is 710. The summed E-state index contributed by atoms with van der Waals surface area (Å²) in [6.45, 7) is 1.29. The van der Waals surface area contributed by atoms with Gasteiger partial charge in [-0.3, -0.25) is 0 Å². The van der Waals surface area contributed by atoms with E-state index in [1.54, 1.807) is 18.5 Å². The highest BCUT2D eigenvalue weighted by Crippen LogP contribution is 2.26. The topological polar surface area (TPSA) is 24.8 Å². The largest absolute Gasteiger partial charge is 0.435 e. The van der Waals surface area contributed by atoms with Gasteiger partial charge in [0.15, 0.2) is 0 Å². The van der Waals surface area contributed by atoms with Crippen LogP contribution in [0.4, 0.5) is 14.5 Å². The van der Waals surface area contributed by atoms with Crippen molar-refractivity contribution in [1.29, 1.82) is 0 Å². The molecule has 0 N–H and O–H groups in total. The van der Waals surface area contributed by atoms with Crippen molar-refractivity contribution < 1.29 is 13.5 Å². The third-order valence-electron chi connectivity index (χ3n) is 3.60. The van der Waals surface area contributed by atoms with Crippen molar-refractivity contribution in [3.63, 3.8) is 0 Å². The van der Waals surface area contributed by atoms with Crippen molar-refractivity contribution in [3.8, 4) is 5.75 Å². The first-order chi connectivity index (χ1) is 11.3. The van der Waals surface area contributed by atoms with E-state index in [2.05, 4.69) is 21.9 Å². The number of halogens is 2. The number of aryl methyl sites for hydroxylation is 1. The molecule has 0 aliphatic carbocycles. The number of alkyl halides is 2. The van der Waals surface area contributed by atoms with E-state index in [1.807, 2.05) is 45.0 Å². The van der Waals surface area contributed by atoms with Crippen LogP contribution in [-0.4, -0.2) is 31.9 Å². The number of hydrogen-bond donors (Lipinski definition) is 0. The van der Waals surface area contributed by atoms with Gasteiger partial charge in [-0.1, -0.05) is 18.2 Å². The predicted molar refractivity (Wildman–Crippen MR) is 93.6 cm³/mol. The molecule has 0 aliphatic rings. The van der Waals surface area contributed by atoms with E-state index in [4.69, 9.17) is 0 Å². The van der Waals surface area contributed by atoms with Crippen molar-refractivity contribution in [2.24, 2.45) is 4.99 Å². The van der Waals surface area contributed by atoms with Crippen LogP contribution in [0.15, 0.2) is 41.4 Å². The molecule has 0 fully saturated rings. The molecule has 2 rings (SSSR count). The lowest BCUT2D eigenvalue weighted by molar-refractivity contribution is -0.0498. The van der Waals surface area contributed by atoms with E-state index in [-0.39, 0.29) is 5.75 Å². The van der Waals surface area contributed by atoms with Crippen LogP contribution >= 0.6 is 0 Å². The van der Waals surface area contributed by atoms with E-state index in [0.29, 0.717) is 6.42 Å². The summed E-state index contributed by atoms with van der Waals surface area (Å²) in [6, 6.07) is 10.9. The molecule has 128 valence electrons. The second-order valence-corrected chi connectivity index (χ2v) is 5.98. The zero-order valence-electron chi connectivity index (χ0n) is 14.4. The summed E-state index contributed by atoms with van der Waals surface area (Å²) in [6.07, 6.45) is 2.50. The van der Waals surface area contributed by atoms with Gasteiger partial charge in [-0.2, -0.15) is 8.78 Å². The Kier molecular flexibility index (Phi) is 5.90. The van der Waals surface area contributed by atoms with Gasteiger partial charge in [0.1, 0.15) is 5.75 Å². The number of aliphatic imine (C=N–C) groups is 1. The Hall–Kier alpha value is -2.43.